The zero-order valence-electron chi connectivity index (χ0n) is 15.9. The molecule has 2 aromatic rings. The number of carbonyl (C=O) groups excluding carboxylic acids is 1. The molecule has 1 heterocycles. The van der Waals surface area contributed by atoms with Crippen molar-refractivity contribution in [1.82, 2.24) is 4.90 Å². The highest BCUT2D eigenvalue weighted by Crippen LogP contribution is 2.24. The van der Waals surface area contributed by atoms with E-state index in [-0.39, 0.29) is 39.9 Å². The smallest absolute Gasteiger partial charge is 0.270 e. The zero-order chi connectivity index (χ0) is 21.2. The molecule has 0 bridgehead atoms. The maximum absolute atomic E-state index is 13.0. The molecule has 1 aliphatic heterocycles. The number of nitro groups is 1. The molecule has 0 aliphatic carbocycles. The number of carbonyl (C=O) groups is 1. The van der Waals surface area contributed by atoms with E-state index in [4.69, 9.17) is 4.74 Å². The third-order valence-electron chi connectivity index (χ3n) is 4.45. The van der Waals surface area contributed by atoms with Crippen molar-refractivity contribution in [3.63, 3.8) is 0 Å². The first-order valence-electron chi connectivity index (χ1n) is 8.98. The number of benzene rings is 2. The van der Waals surface area contributed by atoms with Crippen LogP contribution >= 0.6 is 0 Å². The van der Waals surface area contributed by atoms with Gasteiger partial charge >= 0.3 is 0 Å². The summed E-state index contributed by atoms with van der Waals surface area (Å²) in [6.07, 6.45) is -0.257. The van der Waals surface area contributed by atoms with E-state index in [1.54, 1.807) is 23.1 Å². The Morgan fingerprint density at radius 2 is 1.79 bits per heavy atom. The molecule has 1 aliphatic rings. The van der Waals surface area contributed by atoms with Crippen molar-refractivity contribution >= 4 is 27.3 Å². The SMILES string of the molecule is C[C@@H]1CN(C(=O)c2ccccc2NS(=O)(=O)c2cccc([N+](=O)[O-])c2)C[C@H](C)O1. The number of morpholine rings is 1. The summed E-state index contributed by atoms with van der Waals surface area (Å²) in [5, 5.41) is 10.9. The van der Waals surface area contributed by atoms with Gasteiger partial charge in [-0.05, 0) is 32.0 Å². The number of ether oxygens (including phenoxy) is 1. The predicted molar refractivity (Wildman–Crippen MR) is 106 cm³/mol. The largest absolute Gasteiger partial charge is 0.372 e. The van der Waals surface area contributed by atoms with Gasteiger partial charge in [0.15, 0.2) is 0 Å². The number of anilines is 1. The summed E-state index contributed by atoms with van der Waals surface area (Å²) in [6.45, 7) is 4.53. The minimum atomic E-state index is -4.13. The minimum Gasteiger partial charge on any atom is -0.372 e. The summed E-state index contributed by atoms with van der Waals surface area (Å²) in [7, 11) is -4.13. The summed E-state index contributed by atoms with van der Waals surface area (Å²) in [5.41, 5.74) is -0.0351. The van der Waals surface area contributed by atoms with E-state index in [1.807, 2.05) is 13.8 Å². The third kappa shape index (κ3) is 4.72. The van der Waals surface area contributed by atoms with Gasteiger partial charge in [-0.3, -0.25) is 19.6 Å². The van der Waals surface area contributed by atoms with Gasteiger partial charge in [0, 0.05) is 25.2 Å². The van der Waals surface area contributed by atoms with E-state index in [2.05, 4.69) is 4.72 Å². The first-order valence-corrected chi connectivity index (χ1v) is 10.5. The Bertz CT molecular complexity index is 1030. The molecule has 154 valence electrons. The van der Waals surface area contributed by atoms with E-state index in [1.165, 1.54) is 24.3 Å². The molecule has 29 heavy (non-hydrogen) atoms. The highest BCUT2D eigenvalue weighted by atomic mass is 32.2. The normalized spacial score (nSPS) is 19.6. The molecule has 1 fully saturated rings. The number of nitro benzene ring substituents is 1. The molecular weight excluding hydrogens is 398 g/mol. The summed E-state index contributed by atoms with van der Waals surface area (Å²) >= 11 is 0. The fourth-order valence-corrected chi connectivity index (χ4v) is 4.36. The van der Waals surface area contributed by atoms with Crippen molar-refractivity contribution < 1.29 is 22.9 Å². The Labute approximate surface area is 168 Å². The maximum atomic E-state index is 13.0. The molecule has 9 nitrogen and oxygen atoms in total. The third-order valence-corrected chi connectivity index (χ3v) is 5.81. The molecule has 0 spiro atoms. The summed E-state index contributed by atoms with van der Waals surface area (Å²) in [6, 6.07) is 11.0. The Morgan fingerprint density at radius 3 is 2.45 bits per heavy atom. The van der Waals surface area contributed by atoms with Crippen LogP contribution < -0.4 is 4.72 Å². The number of amides is 1. The quantitative estimate of drug-likeness (QED) is 0.588. The number of hydrogen-bond donors (Lipinski definition) is 1. The summed E-state index contributed by atoms with van der Waals surface area (Å²) in [4.78, 5) is 24.7. The number of para-hydroxylation sites is 1. The molecule has 2 atom stereocenters. The van der Waals surface area contributed by atoms with Crippen molar-refractivity contribution in [1.29, 1.82) is 0 Å². The highest BCUT2D eigenvalue weighted by Gasteiger charge is 2.28. The van der Waals surface area contributed by atoms with Crippen LogP contribution in [-0.4, -0.2) is 49.4 Å². The van der Waals surface area contributed by atoms with Crippen LogP contribution in [0.15, 0.2) is 53.4 Å². The monoisotopic (exact) mass is 419 g/mol. The molecule has 0 unspecified atom stereocenters. The molecule has 3 rings (SSSR count). The van der Waals surface area contributed by atoms with Crippen LogP contribution in [0.5, 0.6) is 0 Å². The number of non-ortho nitro benzene ring substituents is 1. The van der Waals surface area contributed by atoms with Gasteiger partial charge in [0.1, 0.15) is 0 Å². The van der Waals surface area contributed by atoms with Gasteiger partial charge in [-0.1, -0.05) is 18.2 Å². The molecule has 2 aromatic carbocycles. The predicted octanol–water partition coefficient (Wildman–Crippen LogP) is 2.65. The van der Waals surface area contributed by atoms with Crippen LogP contribution in [0.2, 0.25) is 0 Å². The van der Waals surface area contributed by atoms with Crippen LogP contribution in [0.1, 0.15) is 24.2 Å². The van der Waals surface area contributed by atoms with Crippen LogP contribution in [0, 0.1) is 10.1 Å². The van der Waals surface area contributed by atoms with E-state index in [0.717, 1.165) is 6.07 Å². The van der Waals surface area contributed by atoms with Crippen LogP contribution in [-0.2, 0) is 14.8 Å². The Balaban J connectivity index is 1.90. The molecule has 0 radical (unpaired) electrons. The summed E-state index contributed by atoms with van der Waals surface area (Å²) in [5.74, 6) is -0.315. The van der Waals surface area contributed by atoms with Gasteiger partial charge in [-0.15, -0.1) is 0 Å². The van der Waals surface area contributed by atoms with Crippen molar-refractivity contribution in [3.05, 3.63) is 64.2 Å². The van der Waals surface area contributed by atoms with E-state index in [0.29, 0.717) is 13.1 Å². The van der Waals surface area contributed by atoms with Crippen molar-refractivity contribution in [3.8, 4) is 0 Å². The van der Waals surface area contributed by atoms with Crippen molar-refractivity contribution in [2.45, 2.75) is 31.0 Å². The van der Waals surface area contributed by atoms with E-state index < -0.39 is 14.9 Å². The fourth-order valence-electron chi connectivity index (χ4n) is 3.24. The lowest BCUT2D eigenvalue weighted by molar-refractivity contribution is -0.385. The Morgan fingerprint density at radius 1 is 1.14 bits per heavy atom. The topological polar surface area (TPSA) is 119 Å². The molecule has 1 amide bonds. The lowest BCUT2D eigenvalue weighted by Crippen LogP contribution is -2.48. The van der Waals surface area contributed by atoms with Gasteiger partial charge < -0.3 is 9.64 Å². The van der Waals surface area contributed by atoms with Crippen LogP contribution in [0.3, 0.4) is 0 Å². The number of nitrogens with zero attached hydrogens (tertiary/aromatic N) is 2. The van der Waals surface area contributed by atoms with Gasteiger partial charge in [-0.25, -0.2) is 8.42 Å². The second-order valence-electron chi connectivity index (χ2n) is 6.87. The van der Waals surface area contributed by atoms with Crippen LogP contribution in [0.25, 0.3) is 0 Å². The number of sulfonamides is 1. The molecule has 0 aromatic heterocycles. The van der Waals surface area contributed by atoms with E-state index in [9.17, 15) is 23.3 Å². The zero-order valence-corrected chi connectivity index (χ0v) is 16.8. The number of rotatable bonds is 5. The first-order chi connectivity index (χ1) is 13.7. The Kier molecular flexibility index (Phi) is 5.85. The van der Waals surface area contributed by atoms with Crippen molar-refractivity contribution in [2.24, 2.45) is 0 Å². The second-order valence-corrected chi connectivity index (χ2v) is 8.56. The standard InChI is InChI=1S/C19H21N3O6S/c1-13-11-21(12-14(2)28-13)19(23)17-8-3-4-9-18(17)20-29(26,27)16-7-5-6-15(10-16)22(24)25/h3-10,13-14,20H,11-12H2,1-2H3/t13-,14+. The van der Waals surface area contributed by atoms with Gasteiger partial charge in [0.2, 0.25) is 0 Å². The average molecular weight is 419 g/mol. The first kappa shape index (κ1) is 20.7. The average Bonchev–Trinajstić information content (AvgIpc) is 2.67. The van der Waals surface area contributed by atoms with E-state index >= 15 is 0 Å². The Hall–Kier alpha value is -2.98. The number of nitrogens with one attached hydrogen (secondary N) is 1. The lowest BCUT2D eigenvalue weighted by atomic mass is 10.1. The number of hydrogen-bond acceptors (Lipinski definition) is 6. The van der Waals surface area contributed by atoms with Gasteiger partial charge in [-0.2, -0.15) is 0 Å². The van der Waals surface area contributed by atoms with Gasteiger partial charge in [0.25, 0.3) is 21.6 Å². The molecule has 1 saturated heterocycles. The molecule has 0 saturated carbocycles. The molecule has 10 heteroatoms. The second kappa shape index (κ2) is 8.18. The molecule has 1 N–H and O–H groups in total. The van der Waals surface area contributed by atoms with Crippen molar-refractivity contribution in [2.75, 3.05) is 17.8 Å². The fraction of sp³-hybridized carbons (Fsp3) is 0.316. The van der Waals surface area contributed by atoms with Gasteiger partial charge in [0.05, 0.1) is 33.3 Å². The summed E-state index contributed by atoms with van der Waals surface area (Å²) < 4.78 is 33.5. The minimum absolute atomic E-state index is 0.107. The molecular formula is C19H21N3O6S. The highest BCUT2D eigenvalue weighted by molar-refractivity contribution is 7.92. The lowest BCUT2D eigenvalue weighted by Gasteiger charge is -2.35. The maximum Gasteiger partial charge on any atom is 0.270 e. The van der Waals surface area contributed by atoms with Crippen LogP contribution in [0.4, 0.5) is 11.4 Å².